The molecule has 6 nitrogen and oxygen atoms in total. The van der Waals surface area contributed by atoms with E-state index in [9.17, 15) is 9.00 Å². The maximum Gasteiger partial charge on any atom is 0.328 e. The Morgan fingerprint density at radius 1 is 1.00 bits per heavy atom. The minimum atomic E-state index is -2.04. The predicted octanol–water partition coefficient (Wildman–Crippen LogP) is 4.67. The molecule has 0 bridgehead atoms. The van der Waals surface area contributed by atoms with Crippen molar-refractivity contribution in [2.75, 3.05) is 13.1 Å². The van der Waals surface area contributed by atoms with E-state index in [-0.39, 0.29) is 22.5 Å². The largest absolute Gasteiger partial charge is 0.459 e. The first-order chi connectivity index (χ1) is 14.2. The van der Waals surface area contributed by atoms with Crippen molar-refractivity contribution in [3.63, 3.8) is 0 Å². The first-order valence-electron chi connectivity index (χ1n) is 12.1. The molecule has 1 aliphatic heterocycles. The number of piperidine rings is 1. The van der Waals surface area contributed by atoms with Gasteiger partial charge in [0.05, 0.1) is 15.7 Å². The molecule has 3 unspecified atom stereocenters. The lowest BCUT2D eigenvalue weighted by atomic mass is 9.66. The fourth-order valence-electron chi connectivity index (χ4n) is 4.62. The number of carbonyl (C=O) groups is 1. The van der Waals surface area contributed by atoms with Crippen LogP contribution in [0.5, 0.6) is 0 Å². The number of hydrogen-bond acceptors (Lipinski definition) is 5. The second-order valence-electron chi connectivity index (χ2n) is 13.3. The van der Waals surface area contributed by atoms with E-state index >= 15 is 0 Å². The van der Waals surface area contributed by atoms with Gasteiger partial charge in [0, 0.05) is 17.9 Å². The average Bonchev–Trinajstić information content (AvgIpc) is 2.85. The van der Waals surface area contributed by atoms with Gasteiger partial charge in [-0.3, -0.25) is 0 Å². The maximum atomic E-state index is 13.9. The number of ether oxygens (including phenoxy) is 1. The third-order valence-electron chi connectivity index (χ3n) is 7.46. The molecule has 8 heteroatoms. The van der Waals surface area contributed by atoms with Gasteiger partial charge in [0.25, 0.3) is 0 Å². The van der Waals surface area contributed by atoms with Crippen molar-refractivity contribution in [3.05, 3.63) is 0 Å². The Morgan fingerprint density at radius 3 is 1.97 bits per heavy atom. The van der Waals surface area contributed by atoms with Crippen molar-refractivity contribution in [1.82, 2.24) is 10.0 Å². The van der Waals surface area contributed by atoms with Gasteiger partial charge < -0.3 is 14.5 Å². The highest BCUT2D eigenvalue weighted by Gasteiger charge is 2.65. The molecule has 2 rings (SSSR count). The molecule has 0 amide bonds. The number of esters is 1. The van der Waals surface area contributed by atoms with Gasteiger partial charge in [-0.2, -0.15) is 0 Å². The lowest BCUT2D eigenvalue weighted by Crippen LogP contribution is -2.65. The van der Waals surface area contributed by atoms with Crippen molar-refractivity contribution < 1.29 is 18.2 Å². The summed E-state index contributed by atoms with van der Waals surface area (Å²) in [7, 11) is -3.46. The van der Waals surface area contributed by atoms with Crippen LogP contribution in [-0.2, 0) is 24.9 Å². The summed E-state index contributed by atoms with van der Waals surface area (Å²) in [5.74, 6) is -0.286. The molecule has 1 heterocycles. The van der Waals surface area contributed by atoms with Crippen molar-refractivity contribution in [2.45, 2.75) is 128 Å². The van der Waals surface area contributed by atoms with Gasteiger partial charge in [0.15, 0.2) is 8.32 Å². The molecule has 188 valence electrons. The van der Waals surface area contributed by atoms with Crippen LogP contribution in [0.2, 0.25) is 18.1 Å². The molecule has 0 aromatic heterocycles. The Bertz CT molecular complexity index is 715. The van der Waals surface area contributed by atoms with Gasteiger partial charge in [0.1, 0.15) is 11.1 Å². The molecule has 2 aliphatic rings. The van der Waals surface area contributed by atoms with Crippen LogP contribution in [0.3, 0.4) is 0 Å². The molecular formula is C24H48N2O4SSi. The fraction of sp³-hybridized carbons (Fsp3) is 0.958. The molecule has 32 heavy (non-hydrogen) atoms. The van der Waals surface area contributed by atoms with Crippen LogP contribution in [0.15, 0.2) is 0 Å². The van der Waals surface area contributed by atoms with E-state index in [2.05, 4.69) is 43.9 Å². The van der Waals surface area contributed by atoms with Gasteiger partial charge in [0.2, 0.25) is 0 Å². The van der Waals surface area contributed by atoms with Crippen molar-refractivity contribution in [2.24, 2.45) is 5.41 Å². The van der Waals surface area contributed by atoms with E-state index in [0.717, 1.165) is 32.4 Å². The minimum absolute atomic E-state index is 0.0639. The van der Waals surface area contributed by atoms with E-state index in [1.54, 1.807) is 0 Å². The Morgan fingerprint density at radius 2 is 1.53 bits per heavy atom. The topological polar surface area (TPSA) is 76.7 Å². The molecule has 1 saturated carbocycles. The van der Waals surface area contributed by atoms with Crippen molar-refractivity contribution in [3.8, 4) is 0 Å². The SMILES string of the molecule is CC(C)(C)OC(=O)C1(NS(=O)C(C)(C)C)CC(O[Si](C)(C)C(C)(C)C)CC12CCNCC2. The normalized spacial score (nSPS) is 28.0. The maximum absolute atomic E-state index is 13.9. The number of nitrogens with one attached hydrogen (secondary N) is 2. The highest BCUT2D eigenvalue weighted by Crippen LogP contribution is 2.55. The number of rotatable bonds is 5. The first-order valence-corrected chi connectivity index (χ1v) is 16.1. The monoisotopic (exact) mass is 488 g/mol. The zero-order valence-electron chi connectivity index (χ0n) is 22.4. The molecule has 1 aliphatic carbocycles. The quantitative estimate of drug-likeness (QED) is 0.434. The van der Waals surface area contributed by atoms with Gasteiger partial charge in [-0.15, -0.1) is 0 Å². The summed E-state index contributed by atoms with van der Waals surface area (Å²) in [6, 6.07) is 0. The standard InChI is InChI=1S/C24H48N2O4SSi/c1-20(2,3)29-19(27)24(26-31(28)21(4,5)6)17-18(30-32(10,11)22(7,8)9)16-23(24)12-14-25-15-13-23/h18,25-26H,12-17H2,1-11H3. The van der Waals surface area contributed by atoms with Crippen LogP contribution in [0, 0.1) is 5.41 Å². The Hall–Kier alpha value is -0.283. The van der Waals surface area contributed by atoms with Gasteiger partial charge in [-0.05, 0) is 92.0 Å². The van der Waals surface area contributed by atoms with E-state index in [1.807, 2.05) is 41.5 Å². The van der Waals surface area contributed by atoms with E-state index in [4.69, 9.17) is 9.16 Å². The van der Waals surface area contributed by atoms with Gasteiger partial charge in [-0.25, -0.2) is 13.7 Å². The Balaban J connectivity index is 2.55. The summed E-state index contributed by atoms with van der Waals surface area (Å²) in [4.78, 5) is 13.9. The minimum Gasteiger partial charge on any atom is -0.459 e. The average molecular weight is 489 g/mol. The van der Waals surface area contributed by atoms with Gasteiger partial charge >= 0.3 is 5.97 Å². The number of carbonyl (C=O) groups excluding carboxylic acids is 1. The molecule has 1 spiro atoms. The molecule has 0 radical (unpaired) electrons. The van der Waals surface area contributed by atoms with E-state index in [0.29, 0.717) is 6.42 Å². The molecule has 2 N–H and O–H groups in total. The Labute approximate surface area is 200 Å². The zero-order valence-corrected chi connectivity index (χ0v) is 24.2. The smallest absolute Gasteiger partial charge is 0.328 e. The highest BCUT2D eigenvalue weighted by molar-refractivity contribution is 7.84. The second kappa shape index (κ2) is 9.06. The lowest BCUT2D eigenvalue weighted by molar-refractivity contribution is -0.168. The summed E-state index contributed by atoms with van der Waals surface area (Å²) < 4.78 is 29.2. The molecule has 1 saturated heterocycles. The third kappa shape index (κ3) is 5.85. The summed E-state index contributed by atoms with van der Waals surface area (Å²) in [5, 5.41) is 3.52. The summed E-state index contributed by atoms with van der Waals surface area (Å²) in [5.41, 5.74) is -2.01. The lowest BCUT2D eigenvalue weighted by Gasteiger charge is -2.48. The molecule has 2 fully saturated rings. The first kappa shape index (κ1) is 28.0. The highest BCUT2D eigenvalue weighted by atomic mass is 32.2. The fourth-order valence-corrected chi connectivity index (χ4v) is 6.98. The van der Waals surface area contributed by atoms with Crippen molar-refractivity contribution in [1.29, 1.82) is 0 Å². The molecule has 0 aromatic carbocycles. The van der Waals surface area contributed by atoms with Crippen LogP contribution < -0.4 is 10.0 Å². The van der Waals surface area contributed by atoms with Crippen LogP contribution in [0.1, 0.15) is 88.0 Å². The van der Waals surface area contributed by atoms with Crippen molar-refractivity contribution >= 4 is 25.3 Å². The predicted molar refractivity (Wildman–Crippen MR) is 135 cm³/mol. The molecule has 3 atom stereocenters. The van der Waals surface area contributed by atoms with Gasteiger partial charge in [-0.1, -0.05) is 20.8 Å². The molecule has 0 aromatic rings. The zero-order chi connectivity index (χ0) is 24.8. The van der Waals surface area contributed by atoms with Crippen LogP contribution in [-0.4, -0.2) is 53.6 Å². The van der Waals surface area contributed by atoms with E-state index in [1.165, 1.54) is 0 Å². The van der Waals surface area contributed by atoms with E-state index < -0.39 is 35.2 Å². The van der Waals surface area contributed by atoms with Crippen LogP contribution >= 0.6 is 0 Å². The van der Waals surface area contributed by atoms with Crippen LogP contribution in [0.25, 0.3) is 0 Å². The Kier molecular flexibility index (Phi) is 7.92. The summed E-state index contributed by atoms with van der Waals surface area (Å²) in [6.07, 6.45) is 2.88. The summed E-state index contributed by atoms with van der Waals surface area (Å²) in [6.45, 7) is 24.4. The summed E-state index contributed by atoms with van der Waals surface area (Å²) >= 11 is 0. The molecular weight excluding hydrogens is 440 g/mol. The third-order valence-corrected chi connectivity index (χ3v) is 13.6. The second-order valence-corrected chi connectivity index (χ2v) is 20.1. The van der Waals surface area contributed by atoms with Crippen LogP contribution in [0.4, 0.5) is 0 Å². The number of hydrogen-bond donors (Lipinski definition) is 2.